The number of aromatic nitrogens is 4. The van der Waals surface area contributed by atoms with Gasteiger partial charge in [0.15, 0.2) is 11.4 Å². The van der Waals surface area contributed by atoms with Gasteiger partial charge in [0, 0.05) is 50.2 Å². The first-order chi connectivity index (χ1) is 31.7. The van der Waals surface area contributed by atoms with Crippen LogP contribution in [0.4, 0.5) is 4.79 Å². The molecule has 0 spiro atoms. The molecule has 0 radical (unpaired) electrons. The van der Waals surface area contributed by atoms with Crippen molar-refractivity contribution in [1.29, 1.82) is 0 Å². The van der Waals surface area contributed by atoms with Crippen molar-refractivity contribution in [2.45, 2.75) is 174 Å². The fourth-order valence-corrected chi connectivity index (χ4v) is 11.0. The molecule has 2 aromatic heterocycles. The van der Waals surface area contributed by atoms with Crippen LogP contribution in [0.5, 0.6) is 0 Å². The van der Waals surface area contributed by atoms with Gasteiger partial charge < -0.3 is 43.3 Å². The molecule has 1 aromatic carbocycles. The maximum atomic E-state index is 15.1. The van der Waals surface area contributed by atoms with Crippen LogP contribution in [-0.2, 0) is 55.8 Å². The molecule has 3 aliphatic rings. The number of rotatable bonds is 14. The minimum absolute atomic E-state index is 0.108. The first-order valence-corrected chi connectivity index (χ1v) is 24.1. The number of pyridine rings is 1. The number of hydrogen-bond donors (Lipinski definition) is 1. The number of unbranched alkanes of at least 4 members (excludes halogenated alkanes) is 1. The average molecular weight is 935 g/mol. The summed E-state index contributed by atoms with van der Waals surface area (Å²) in [7, 11) is 3.47. The van der Waals surface area contributed by atoms with E-state index in [9.17, 15) is 19.5 Å². The summed E-state index contributed by atoms with van der Waals surface area (Å²) in [5, 5.41) is 20.7. The molecule has 3 aliphatic heterocycles. The predicted octanol–water partition coefficient (Wildman–Crippen LogP) is 6.18. The number of aryl methyl sites for hydroxylation is 1. The van der Waals surface area contributed by atoms with Crippen LogP contribution in [0.25, 0.3) is 11.0 Å². The van der Waals surface area contributed by atoms with Crippen molar-refractivity contribution < 1.29 is 52.7 Å². The minimum atomic E-state index is -1.61. The Morgan fingerprint density at radius 3 is 2.34 bits per heavy atom. The van der Waals surface area contributed by atoms with Crippen LogP contribution in [0.1, 0.15) is 107 Å². The molecule has 14 atom stereocenters. The molecule has 17 nitrogen and oxygen atoms in total. The van der Waals surface area contributed by atoms with Crippen LogP contribution in [0.2, 0.25) is 0 Å². The highest BCUT2D eigenvalue weighted by Gasteiger charge is 2.61. The molecule has 3 aromatic rings. The summed E-state index contributed by atoms with van der Waals surface area (Å²) in [6.07, 6.45) is -1.79. The van der Waals surface area contributed by atoms with Crippen molar-refractivity contribution in [2.75, 3.05) is 27.2 Å². The Bertz CT molecular complexity index is 2180. The molecule has 0 bridgehead atoms. The number of likely N-dealkylation sites (N-methyl/N-ethyl adjacent to an activating group) is 1. The standard InChI is InChI=1S/C50H74N6O11/c1-13-39-49(9)43(55(47(61)67-49)25-19-20-26-56-37-23-16-15-22-36(37)52-53-56)32(5)41(58)30(3)29-48(8,62-12)45(66-50(10)44(59)38(54(11)14-2)27-31(4)65-50)33(6)42(34(7)46(60)63-39)64-40(57)28-35-21-17-18-24-51-35/h15-18,21-24,30-34,38-39,42-45,59H,13-14,19-20,25-29H2,1-12H3/t30-,31-,32+,33+,34-,38+,39-,42?,43-,44-,45-,48-,49-,50+/m1/s1. The Balaban J connectivity index is 1.39. The first-order valence-electron chi connectivity index (χ1n) is 24.1. The Hall–Kier alpha value is -4.55. The van der Waals surface area contributed by atoms with Gasteiger partial charge in [-0.3, -0.25) is 19.4 Å². The maximum absolute atomic E-state index is 15.1. The quantitative estimate of drug-likeness (QED) is 0.109. The third-order valence-electron chi connectivity index (χ3n) is 14.9. The van der Waals surface area contributed by atoms with Crippen LogP contribution in [-0.4, -0.2) is 146 Å². The van der Waals surface area contributed by atoms with Crippen molar-refractivity contribution in [1.82, 2.24) is 29.8 Å². The summed E-state index contributed by atoms with van der Waals surface area (Å²) in [6.45, 7) is 19.6. The first kappa shape index (κ1) is 51.8. The number of aliphatic hydroxyl groups excluding tert-OH is 1. The van der Waals surface area contributed by atoms with Crippen molar-refractivity contribution in [3.05, 3.63) is 54.4 Å². The lowest BCUT2D eigenvalue weighted by Crippen LogP contribution is -2.65. The van der Waals surface area contributed by atoms with E-state index < -0.39 is 89.2 Å². The molecule has 17 heteroatoms. The fraction of sp³-hybridized carbons (Fsp3) is 0.700. The van der Waals surface area contributed by atoms with Crippen LogP contribution in [0, 0.1) is 23.7 Å². The van der Waals surface area contributed by atoms with Crippen molar-refractivity contribution in [3.63, 3.8) is 0 Å². The fourth-order valence-electron chi connectivity index (χ4n) is 11.0. The zero-order chi connectivity index (χ0) is 49.0. The number of carbonyl (C=O) groups is 4. The molecule has 3 fully saturated rings. The molecule has 6 rings (SSSR count). The highest BCUT2D eigenvalue weighted by atomic mass is 16.7. The zero-order valence-corrected chi connectivity index (χ0v) is 41.5. The van der Waals surface area contributed by atoms with Crippen LogP contribution >= 0.6 is 0 Å². The molecular formula is C50H74N6O11. The summed E-state index contributed by atoms with van der Waals surface area (Å²) >= 11 is 0. The van der Waals surface area contributed by atoms with Crippen LogP contribution in [0.15, 0.2) is 48.7 Å². The molecule has 5 heterocycles. The van der Waals surface area contributed by atoms with Crippen LogP contribution < -0.4 is 0 Å². The predicted molar refractivity (Wildman–Crippen MR) is 248 cm³/mol. The number of nitrogens with zero attached hydrogens (tertiary/aromatic N) is 6. The Morgan fingerprint density at radius 2 is 1.67 bits per heavy atom. The van der Waals surface area contributed by atoms with Gasteiger partial charge >= 0.3 is 18.0 Å². The van der Waals surface area contributed by atoms with E-state index >= 15 is 4.79 Å². The number of ether oxygens (including phenoxy) is 6. The number of para-hydroxylation sites is 1. The summed E-state index contributed by atoms with van der Waals surface area (Å²) in [5.41, 5.74) is -0.596. The van der Waals surface area contributed by atoms with E-state index in [2.05, 4.69) is 20.2 Å². The lowest BCUT2D eigenvalue weighted by molar-refractivity contribution is -0.359. The second-order valence-corrected chi connectivity index (χ2v) is 19.7. The number of cyclic esters (lactones) is 1. The molecule has 1 N–H and O–H groups in total. The Morgan fingerprint density at radius 1 is 0.970 bits per heavy atom. The van der Waals surface area contributed by atoms with Gasteiger partial charge in [-0.1, -0.05) is 58.0 Å². The third kappa shape index (κ3) is 10.9. The number of fused-ring (bicyclic) bond motifs is 2. The molecule has 0 aliphatic carbocycles. The second-order valence-electron chi connectivity index (χ2n) is 19.7. The topological polar surface area (TPSA) is 194 Å². The Kier molecular flexibility index (Phi) is 16.6. The SMILES string of the molecule is CC[C@H]1OC(=O)[C@H](C)C(OC(=O)Cc2ccccn2)[C@H](C)[C@@H](O[C@]2(C)O[C@H](C)C[C@H](N(C)CC)[C@H]2O)[C@](C)(OC)C[C@@H](C)C(=O)[C@H](C)[C@H]2N(CCCCn3nnc4ccccc43)C(=O)O[C@]12C. The van der Waals surface area contributed by atoms with Gasteiger partial charge in [-0.05, 0) is 105 Å². The van der Waals surface area contributed by atoms with E-state index in [1.807, 2.05) is 70.6 Å². The summed E-state index contributed by atoms with van der Waals surface area (Å²) < 4.78 is 41.0. The molecule has 1 unspecified atom stereocenters. The van der Waals surface area contributed by atoms with Gasteiger partial charge in [0.2, 0.25) is 0 Å². The Labute approximate surface area is 395 Å². The zero-order valence-electron chi connectivity index (χ0n) is 41.5. The van der Waals surface area contributed by atoms with Gasteiger partial charge in [-0.15, -0.1) is 5.10 Å². The van der Waals surface area contributed by atoms with Gasteiger partial charge in [0.1, 0.15) is 29.6 Å². The smallest absolute Gasteiger partial charge is 0.410 e. The maximum Gasteiger partial charge on any atom is 0.410 e. The van der Waals surface area contributed by atoms with E-state index in [-0.39, 0.29) is 43.7 Å². The second kappa shape index (κ2) is 21.4. The van der Waals surface area contributed by atoms with E-state index in [1.165, 1.54) is 7.11 Å². The number of carbonyl (C=O) groups excluding carboxylic acids is 4. The highest BCUT2D eigenvalue weighted by Crippen LogP contribution is 2.45. The minimum Gasteiger partial charge on any atom is -0.461 e. The normalized spacial score (nSPS) is 35.5. The van der Waals surface area contributed by atoms with E-state index in [1.54, 1.807) is 63.9 Å². The molecule has 0 saturated carbocycles. The molecule has 370 valence electrons. The lowest BCUT2D eigenvalue weighted by Gasteiger charge is -2.52. The van der Waals surface area contributed by atoms with Crippen LogP contribution in [0.3, 0.4) is 0 Å². The number of ketones is 1. The molecule has 3 saturated heterocycles. The number of Topliss-reactive ketones (excluding diaryl/α,β-unsaturated/α-hetero) is 1. The number of amides is 1. The summed E-state index contributed by atoms with van der Waals surface area (Å²) in [4.78, 5) is 66.0. The van der Waals surface area contributed by atoms with Gasteiger partial charge in [0.25, 0.3) is 0 Å². The number of benzene rings is 1. The van der Waals surface area contributed by atoms with Gasteiger partial charge in [-0.25, -0.2) is 9.48 Å². The van der Waals surface area contributed by atoms with E-state index in [4.69, 9.17) is 28.4 Å². The van der Waals surface area contributed by atoms with E-state index in [0.717, 1.165) is 11.0 Å². The largest absolute Gasteiger partial charge is 0.461 e. The molecule has 67 heavy (non-hydrogen) atoms. The highest BCUT2D eigenvalue weighted by molar-refractivity contribution is 5.85. The van der Waals surface area contributed by atoms with Crippen molar-refractivity contribution in [3.8, 4) is 0 Å². The van der Waals surface area contributed by atoms with Gasteiger partial charge in [0.05, 0.1) is 47.4 Å². The van der Waals surface area contributed by atoms with Crippen molar-refractivity contribution >= 4 is 34.8 Å². The summed E-state index contributed by atoms with van der Waals surface area (Å²) in [5.74, 6) is -6.53. The number of esters is 2. The lowest BCUT2D eigenvalue weighted by atomic mass is 9.73. The monoisotopic (exact) mass is 935 g/mol. The number of hydrogen-bond acceptors (Lipinski definition) is 15. The van der Waals surface area contributed by atoms with Crippen molar-refractivity contribution in [2.24, 2.45) is 23.7 Å². The molecular weight excluding hydrogens is 861 g/mol. The molecule has 1 amide bonds. The summed E-state index contributed by atoms with van der Waals surface area (Å²) in [6, 6.07) is 11.8. The number of methoxy groups -OCH3 is 1. The average Bonchev–Trinajstić information content (AvgIpc) is 3.84. The number of aliphatic hydroxyl groups is 1. The van der Waals surface area contributed by atoms with Gasteiger partial charge in [-0.2, -0.15) is 0 Å². The third-order valence-corrected chi connectivity index (χ3v) is 14.9. The van der Waals surface area contributed by atoms with E-state index in [0.29, 0.717) is 38.0 Å².